The molecule has 1 saturated carbocycles. The molecule has 4 heterocycles. The first-order valence-electron chi connectivity index (χ1n) is 11.0. The van der Waals surface area contributed by atoms with Crippen LogP contribution in [0.15, 0.2) is 29.8 Å². The van der Waals surface area contributed by atoms with Crippen LogP contribution in [0.2, 0.25) is 0 Å². The normalized spacial score (nSPS) is 20.9. The molecular weight excluding hydrogens is 396 g/mol. The number of rotatable bonds is 6. The number of piperidine rings is 1. The standard InChI is InChI=1S/C23H30N4O2S/c1-25(16-18-4-5-18)17-19-15-24-22-23(29-13-12-27(19)22)8-10-26(11-9-23)21(28)7-6-20-3-2-14-30-20/h2-3,6-7,14-15,18H,4-5,8-13,16-17H2,1H3/b7-6+. The van der Waals surface area contributed by atoms with Gasteiger partial charge < -0.3 is 19.1 Å². The van der Waals surface area contributed by atoms with Crippen molar-refractivity contribution in [3.63, 3.8) is 0 Å². The van der Waals surface area contributed by atoms with Crippen LogP contribution in [0.1, 0.15) is 42.1 Å². The molecule has 2 aromatic rings. The summed E-state index contributed by atoms with van der Waals surface area (Å²) in [7, 11) is 2.21. The van der Waals surface area contributed by atoms with Gasteiger partial charge in [0, 0.05) is 62.7 Å². The van der Waals surface area contributed by atoms with Gasteiger partial charge in [-0.1, -0.05) is 6.07 Å². The molecule has 160 valence electrons. The molecule has 0 bridgehead atoms. The van der Waals surface area contributed by atoms with E-state index in [1.165, 1.54) is 25.1 Å². The number of amides is 1. The van der Waals surface area contributed by atoms with E-state index < -0.39 is 0 Å². The highest BCUT2D eigenvalue weighted by molar-refractivity contribution is 7.10. The average molecular weight is 427 g/mol. The zero-order valence-electron chi connectivity index (χ0n) is 17.6. The van der Waals surface area contributed by atoms with Crippen LogP contribution in [0.4, 0.5) is 0 Å². The Morgan fingerprint density at radius 2 is 2.20 bits per heavy atom. The van der Waals surface area contributed by atoms with E-state index in [-0.39, 0.29) is 11.5 Å². The van der Waals surface area contributed by atoms with E-state index in [0.717, 1.165) is 49.2 Å². The van der Waals surface area contributed by atoms with Gasteiger partial charge in [-0.15, -0.1) is 11.3 Å². The summed E-state index contributed by atoms with van der Waals surface area (Å²) in [6, 6.07) is 4.02. The lowest BCUT2D eigenvalue weighted by Gasteiger charge is -2.43. The van der Waals surface area contributed by atoms with Crippen molar-refractivity contribution in [1.82, 2.24) is 19.4 Å². The summed E-state index contributed by atoms with van der Waals surface area (Å²) in [5.74, 6) is 2.04. The molecule has 0 N–H and O–H groups in total. The van der Waals surface area contributed by atoms with E-state index in [0.29, 0.717) is 13.1 Å². The molecule has 0 atom stereocenters. The van der Waals surface area contributed by atoms with Gasteiger partial charge in [0.15, 0.2) is 0 Å². The van der Waals surface area contributed by atoms with Gasteiger partial charge in [-0.3, -0.25) is 4.79 Å². The maximum absolute atomic E-state index is 12.6. The number of fused-ring (bicyclic) bond motifs is 2. The van der Waals surface area contributed by atoms with Gasteiger partial charge in [0.2, 0.25) is 5.91 Å². The molecule has 1 saturated heterocycles. The Balaban J connectivity index is 1.24. The largest absolute Gasteiger partial charge is 0.365 e. The number of thiophene rings is 1. The quantitative estimate of drug-likeness (QED) is 0.665. The molecule has 1 spiro atoms. The molecule has 0 unspecified atom stereocenters. The van der Waals surface area contributed by atoms with Crippen molar-refractivity contribution in [3.05, 3.63) is 46.2 Å². The minimum atomic E-state index is -0.347. The Bertz CT molecular complexity index is 908. The van der Waals surface area contributed by atoms with Crippen LogP contribution in [0, 0.1) is 5.92 Å². The Kier molecular flexibility index (Phi) is 5.52. The molecule has 1 amide bonds. The van der Waals surface area contributed by atoms with Crippen LogP contribution in [-0.2, 0) is 28.2 Å². The van der Waals surface area contributed by atoms with Gasteiger partial charge in [0.05, 0.1) is 12.3 Å². The minimum Gasteiger partial charge on any atom is -0.365 e. The highest BCUT2D eigenvalue weighted by Gasteiger charge is 2.44. The number of hydrogen-bond donors (Lipinski definition) is 0. The zero-order valence-corrected chi connectivity index (χ0v) is 18.4. The van der Waals surface area contributed by atoms with Crippen LogP contribution in [-0.4, -0.2) is 58.5 Å². The number of hydrogen-bond acceptors (Lipinski definition) is 5. The summed E-state index contributed by atoms with van der Waals surface area (Å²) >= 11 is 1.64. The first kappa shape index (κ1) is 20.0. The molecule has 2 fully saturated rings. The Hall–Kier alpha value is -1.96. The van der Waals surface area contributed by atoms with Gasteiger partial charge in [-0.25, -0.2) is 4.98 Å². The van der Waals surface area contributed by atoms with Crippen molar-refractivity contribution < 1.29 is 9.53 Å². The Labute approximate surface area is 182 Å². The van der Waals surface area contributed by atoms with E-state index in [4.69, 9.17) is 9.72 Å². The summed E-state index contributed by atoms with van der Waals surface area (Å²) in [4.78, 5) is 22.9. The molecular formula is C23H30N4O2S. The number of imidazole rings is 1. The van der Waals surface area contributed by atoms with Crippen molar-refractivity contribution in [2.45, 2.75) is 44.4 Å². The average Bonchev–Trinajstić information content (AvgIpc) is 3.23. The monoisotopic (exact) mass is 426 g/mol. The van der Waals surface area contributed by atoms with Crippen molar-refractivity contribution >= 4 is 23.3 Å². The second-order valence-electron chi connectivity index (χ2n) is 8.88. The van der Waals surface area contributed by atoms with Crippen LogP contribution in [0.3, 0.4) is 0 Å². The smallest absolute Gasteiger partial charge is 0.246 e. The zero-order chi connectivity index (χ0) is 20.6. The summed E-state index contributed by atoms with van der Waals surface area (Å²) in [5.41, 5.74) is 0.938. The minimum absolute atomic E-state index is 0.0831. The second-order valence-corrected chi connectivity index (χ2v) is 9.86. The maximum Gasteiger partial charge on any atom is 0.246 e. The van der Waals surface area contributed by atoms with Crippen molar-refractivity contribution in [3.8, 4) is 0 Å². The van der Waals surface area contributed by atoms with Crippen molar-refractivity contribution in [2.24, 2.45) is 5.92 Å². The summed E-state index contributed by atoms with van der Waals surface area (Å²) in [6.45, 7) is 5.12. The van der Waals surface area contributed by atoms with Crippen LogP contribution >= 0.6 is 11.3 Å². The van der Waals surface area contributed by atoms with Crippen LogP contribution in [0.5, 0.6) is 0 Å². The first-order valence-corrected chi connectivity index (χ1v) is 11.9. The molecule has 2 aromatic heterocycles. The third kappa shape index (κ3) is 4.11. The fourth-order valence-electron chi connectivity index (χ4n) is 4.73. The predicted molar refractivity (Wildman–Crippen MR) is 118 cm³/mol. The lowest BCUT2D eigenvalue weighted by molar-refractivity contribution is -0.140. The van der Waals surface area contributed by atoms with Crippen molar-refractivity contribution in [2.75, 3.05) is 33.3 Å². The Morgan fingerprint density at radius 3 is 2.93 bits per heavy atom. The van der Waals surface area contributed by atoms with Gasteiger partial charge in [0.1, 0.15) is 11.4 Å². The number of likely N-dealkylation sites (tertiary alicyclic amines) is 1. The van der Waals surface area contributed by atoms with Crippen molar-refractivity contribution in [1.29, 1.82) is 0 Å². The second kappa shape index (κ2) is 8.29. The van der Waals surface area contributed by atoms with Gasteiger partial charge in [-0.05, 0) is 43.3 Å². The first-order chi connectivity index (χ1) is 14.6. The molecule has 30 heavy (non-hydrogen) atoms. The number of carbonyl (C=O) groups excluding carboxylic acids is 1. The third-order valence-corrected chi connectivity index (χ3v) is 7.39. The molecule has 0 aromatic carbocycles. The molecule has 5 rings (SSSR count). The van der Waals surface area contributed by atoms with Crippen LogP contribution in [0.25, 0.3) is 6.08 Å². The highest BCUT2D eigenvalue weighted by atomic mass is 32.1. The SMILES string of the molecule is CN(Cc1cnc2n1CCOC21CCN(C(=O)/C=C/c2cccs2)CC1)CC1CC1. The summed E-state index contributed by atoms with van der Waals surface area (Å²) in [6.07, 6.45) is 10.0. The number of carbonyl (C=O) groups is 1. The maximum atomic E-state index is 12.6. The fourth-order valence-corrected chi connectivity index (χ4v) is 5.35. The number of nitrogens with zero attached hydrogens (tertiary/aromatic N) is 4. The summed E-state index contributed by atoms with van der Waals surface area (Å²) in [5, 5.41) is 2.02. The van der Waals surface area contributed by atoms with E-state index in [2.05, 4.69) is 16.5 Å². The molecule has 0 radical (unpaired) electrons. The molecule has 3 aliphatic rings. The van der Waals surface area contributed by atoms with E-state index in [1.807, 2.05) is 34.7 Å². The molecule has 2 aliphatic heterocycles. The topological polar surface area (TPSA) is 50.6 Å². The fraction of sp³-hybridized carbons (Fsp3) is 0.565. The Morgan fingerprint density at radius 1 is 1.37 bits per heavy atom. The number of aromatic nitrogens is 2. The number of ether oxygens (including phenoxy) is 1. The lowest BCUT2D eigenvalue weighted by Crippen LogP contribution is -2.49. The lowest BCUT2D eigenvalue weighted by atomic mass is 9.89. The van der Waals surface area contributed by atoms with Gasteiger partial charge in [-0.2, -0.15) is 0 Å². The highest BCUT2D eigenvalue weighted by Crippen LogP contribution is 2.39. The molecule has 6 nitrogen and oxygen atoms in total. The summed E-state index contributed by atoms with van der Waals surface area (Å²) < 4.78 is 8.70. The van der Waals surface area contributed by atoms with Gasteiger partial charge in [0.25, 0.3) is 0 Å². The molecule has 7 heteroatoms. The van der Waals surface area contributed by atoms with E-state index in [9.17, 15) is 4.79 Å². The van der Waals surface area contributed by atoms with Crippen LogP contribution < -0.4 is 0 Å². The van der Waals surface area contributed by atoms with E-state index in [1.54, 1.807) is 17.4 Å². The van der Waals surface area contributed by atoms with Gasteiger partial charge >= 0.3 is 0 Å². The third-order valence-electron chi connectivity index (χ3n) is 6.55. The predicted octanol–water partition coefficient (Wildman–Crippen LogP) is 3.35. The molecule has 1 aliphatic carbocycles. The van der Waals surface area contributed by atoms with E-state index >= 15 is 0 Å².